The summed E-state index contributed by atoms with van der Waals surface area (Å²) >= 11 is 0. The number of carboxylic acid groups (broad SMARTS) is 1. The molecule has 0 saturated carbocycles. The van der Waals surface area contributed by atoms with Crippen LogP contribution in [0, 0.1) is 17.3 Å². The SMILES string of the molecule is CCC1=CC=CC(CC(C)C)(C(=O)O)C1CCOC. The van der Waals surface area contributed by atoms with E-state index in [0.717, 1.165) is 12.8 Å². The molecule has 0 spiro atoms. The maximum atomic E-state index is 11.9. The minimum absolute atomic E-state index is 0.0438. The van der Waals surface area contributed by atoms with Crippen LogP contribution >= 0.6 is 0 Å². The predicted molar refractivity (Wildman–Crippen MR) is 77.0 cm³/mol. The molecule has 0 amide bonds. The predicted octanol–water partition coefficient (Wildman–Crippen LogP) is 3.66. The van der Waals surface area contributed by atoms with Gasteiger partial charge >= 0.3 is 5.97 Å². The molecule has 0 heterocycles. The Kier molecular flexibility index (Phi) is 5.80. The molecule has 0 aromatic rings. The van der Waals surface area contributed by atoms with Crippen molar-refractivity contribution in [2.75, 3.05) is 13.7 Å². The Morgan fingerprint density at radius 3 is 2.68 bits per heavy atom. The van der Waals surface area contributed by atoms with Crippen molar-refractivity contribution >= 4 is 5.97 Å². The van der Waals surface area contributed by atoms with E-state index >= 15 is 0 Å². The molecule has 2 unspecified atom stereocenters. The fourth-order valence-electron chi connectivity index (χ4n) is 3.14. The highest BCUT2D eigenvalue weighted by Crippen LogP contribution is 2.45. The van der Waals surface area contributed by atoms with Gasteiger partial charge in [0.25, 0.3) is 0 Å². The van der Waals surface area contributed by atoms with E-state index < -0.39 is 11.4 Å². The number of hydrogen-bond acceptors (Lipinski definition) is 2. The van der Waals surface area contributed by atoms with Crippen LogP contribution in [-0.2, 0) is 9.53 Å². The second-order valence-corrected chi connectivity index (χ2v) is 5.73. The highest BCUT2D eigenvalue weighted by Gasteiger charge is 2.45. The molecule has 0 aromatic heterocycles. The summed E-state index contributed by atoms with van der Waals surface area (Å²) in [6, 6.07) is 0. The molecule has 0 radical (unpaired) electrons. The van der Waals surface area contributed by atoms with Crippen molar-refractivity contribution in [2.45, 2.75) is 40.0 Å². The molecular weight excluding hydrogens is 240 g/mol. The van der Waals surface area contributed by atoms with Crippen molar-refractivity contribution in [1.29, 1.82) is 0 Å². The van der Waals surface area contributed by atoms with Crippen LogP contribution in [0.5, 0.6) is 0 Å². The van der Waals surface area contributed by atoms with Gasteiger partial charge in [-0.1, -0.05) is 44.6 Å². The van der Waals surface area contributed by atoms with E-state index in [-0.39, 0.29) is 5.92 Å². The number of carbonyl (C=O) groups is 1. The third-order valence-corrected chi connectivity index (χ3v) is 3.94. The molecule has 1 N–H and O–H groups in total. The van der Waals surface area contributed by atoms with Crippen LogP contribution in [0.15, 0.2) is 23.8 Å². The summed E-state index contributed by atoms with van der Waals surface area (Å²) in [5, 5.41) is 9.80. The number of hydrogen-bond donors (Lipinski definition) is 1. The standard InChI is InChI=1S/C16H26O3/c1-5-13-7-6-9-16(15(17)18,11-12(2)3)14(13)8-10-19-4/h6-7,9,12,14H,5,8,10-11H2,1-4H3,(H,17,18). The Morgan fingerprint density at radius 1 is 1.53 bits per heavy atom. The normalized spacial score (nSPS) is 26.6. The molecule has 2 atom stereocenters. The first-order valence-electron chi connectivity index (χ1n) is 7.08. The number of ether oxygens (including phenoxy) is 1. The van der Waals surface area contributed by atoms with E-state index in [9.17, 15) is 9.90 Å². The highest BCUT2D eigenvalue weighted by atomic mass is 16.5. The van der Waals surface area contributed by atoms with Crippen molar-refractivity contribution in [3.63, 3.8) is 0 Å². The maximum Gasteiger partial charge on any atom is 0.314 e. The zero-order valence-corrected chi connectivity index (χ0v) is 12.5. The molecule has 108 valence electrons. The number of allylic oxidation sites excluding steroid dienone is 3. The lowest BCUT2D eigenvalue weighted by atomic mass is 9.63. The minimum atomic E-state index is -0.771. The first-order valence-corrected chi connectivity index (χ1v) is 7.08. The lowest BCUT2D eigenvalue weighted by Gasteiger charge is -2.39. The molecule has 19 heavy (non-hydrogen) atoms. The van der Waals surface area contributed by atoms with Gasteiger partial charge in [0, 0.05) is 19.6 Å². The molecule has 0 bridgehead atoms. The molecule has 1 rings (SSSR count). The summed E-state index contributed by atoms with van der Waals surface area (Å²) in [6.45, 7) is 6.85. The van der Waals surface area contributed by atoms with Crippen LogP contribution in [0.1, 0.15) is 40.0 Å². The summed E-state index contributed by atoms with van der Waals surface area (Å²) in [5.74, 6) is -0.318. The molecule has 3 heteroatoms. The van der Waals surface area contributed by atoms with E-state index in [4.69, 9.17) is 4.74 Å². The van der Waals surface area contributed by atoms with Crippen molar-refractivity contribution in [1.82, 2.24) is 0 Å². The van der Waals surface area contributed by atoms with Crippen molar-refractivity contribution in [3.05, 3.63) is 23.8 Å². The smallest absolute Gasteiger partial charge is 0.314 e. The van der Waals surface area contributed by atoms with Gasteiger partial charge in [0.15, 0.2) is 0 Å². The Hall–Kier alpha value is -1.09. The molecule has 0 aromatic carbocycles. The van der Waals surface area contributed by atoms with Gasteiger partial charge in [-0.15, -0.1) is 0 Å². The van der Waals surface area contributed by atoms with Crippen molar-refractivity contribution in [3.8, 4) is 0 Å². The van der Waals surface area contributed by atoms with Crippen LogP contribution in [0.2, 0.25) is 0 Å². The van der Waals surface area contributed by atoms with Gasteiger partial charge in [-0.2, -0.15) is 0 Å². The number of carboxylic acids is 1. The van der Waals surface area contributed by atoms with Crippen LogP contribution in [0.25, 0.3) is 0 Å². The van der Waals surface area contributed by atoms with Crippen LogP contribution < -0.4 is 0 Å². The molecule has 0 fully saturated rings. The van der Waals surface area contributed by atoms with Crippen LogP contribution in [0.3, 0.4) is 0 Å². The van der Waals surface area contributed by atoms with Gasteiger partial charge < -0.3 is 9.84 Å². The third kappa shape index (κ3) is 3.47. The van der Waals surface area contributed by atoms with Gasteiger partial charge in [-0.25, -0.2) is 0 Å². The van der Waals surface area contributed by atoms with Gasteiger partial charge in [0.2, 0.25) is 0 Å². The molecular formula is C16H26O3. The van der Waals surface area contributed by atoms with Crippen molar-refractivity contribution < 1.29 is 14.6 Å². The third-order valence-electron chi connectivity index (χ3n) is 3.94. The fraction of sp³-hybridized carbons (Fsp3) is 0.688. The topological polar surface area (TPSA) is 46.5 Å². The first kappa shape index (κ1) is 16.0. The zero-order chi connectivity index (χ0) is 14.5. The maximum absolute atomic E-state index is 11.9. The second kappa shape index (κ2) is 6.90. The van der Waals surface area contributed by atoms with Gasteiger partial charge in [-0.3, -0.25) is 4.79 Å². The van der Waals surface area contributed by atoms with E-state index in [2.05, 4.69) is 26.8 Å². The number of rotatable bonds is 7. The summed E-state index contributed by atoms with van der Waals surface area (Å²) in [7, 11) is 1.67. The van der Waals surface area contributed by atoms with Crippen LogP contribution in [-0.4, -0.2) is 24.8 Å². The summed E-state index contributed by atoms with van der Waals surface area (Å²) in [4.78, 5) is 11.9. The van der Waals surface area contributed by atoms with E-state index in [1.54, 1.807) is 7.11 Å². The minimum Gasteiger partial charge on any atom is -0.481 e. The lowest BCUT2D eigenvalue weighted by molar-refractivity contribution is -0.149. The molecule has 0 saturated heterocycles. The average molecular weight is 266 g/mol. The molecule has 3 nitrogen and oxygen atoms in total. The molecule has 1 aliphatic rings. The first-order chi connectivity index (χ1) is 8.97. The highest BCUT2D eigenvalue weighted by molar-refractivity contribution is 5.79. The zero-order valence-electron chi connectivity index (χ0n) is 12.5. The van der Waals surface area contributed by atoms with Gasteiger partial charge in [-0.05, 0) is 25.2 Å². The van der Waals surface area contributed by atoms with Crippen molar-refractivity contribution in [2.24, 2.45) is 17.3 Å². The Balaban J connectivity index is 3.13. The monoisotopic (exact) mass is 266 g/mol. The van der Waals surface area contributed by atoms with E-state index in [0.29, 0.717) is 18.9 Å². The molecule has 0 aliphatic heterocycles. The fourth-order valence-corrected chi connectivity index (χ4v) is 3.14. The van der Waals surface area contributed by atoms with E-state index in [1.807, 2.05) is 12.2 Å². The summed E-state index contributed by atoms with van der Waals surface area (Å²) in [5.41, 5.74) is 0.454. The molecule has 1 aliphatic carbocycles. The Labute approximate surface area is 116 Å². The second-order valence-electron chi connectivity index (χ2n) is 5.73. The Morgan fingerprint density at radius 2 is 2.21 bits per heavy atom. The van der Waals surface area contributed by atoms with Crippen LogP contribution in [0.4, 0.5) is 0 Å². The van der Waals surface area contributed by atoms with Gasteiger partial charge in [0.05, 0.1) is 5.41 Å². The number of aliphatic carboxylic acids is 1. The quantitative estimate of drug-likeness (QED) is 0.765. The average Bonchev–Trinajstić information content (AvgIpc) is 2.35. The summed E-state index contributed by atoms with van der Waals surface area (Å²) in [6.07, 6.45) is 8.20. The summed E-state index contributed by atoms with van der Waals surface area (Å²) < 4.78 is 5.17. The Bertz CT molecular complexity index is 368. The van der Waals surface area contributed by atoms with Gasteiger partial charge in [0.1, 0.15) is 0 Å². The largest absolute Gasteiger partial charge is 0.481 e. The lowest BCUT2D eigenvalue weighted by Crippen LogP contribution is -2.41. The van der Waals surface area contributed by atoms with E-state index in [1.165, 1.54) is 5.57 Å². The number of methoxy groups -OCH3 is 1.